The Labute approximate surface area is 159 Å². The molecule has 0 amide bonds. The van der Waals surface area contributed by atoms with E-state index in [1.54, 1.807) is 6.33 Å². The minimum atomic E-state index is 0.390. The molecule has 4 aromatic rings. The summed E-state index contributed by atoms with van der Waals surface area (Å²) >= 11 is 0. The highest BCUT2D eigenvalue weighted by Gasteiger charge is 2.21. The van der Waals surface area contributed by atoms with Crippen LogP contribution in [0, 0.1) is 0 Å². The van der Waals surface area contributed by atoms with E-state index in [0.29, 0.717) is 11.8 Å². The number of rotatable bonds is 4. The third-order valence-corrected chi connectivity index (χ3v) is 5.10. The van der Waals surface area contributed by atoms with Gasteiger partial charge in [0.2, 0.25) is 0 Å². The van der Waals surface area contributed by atoms with Crippen molar-refractivity contribution in [2.45, 2.75) is 39.5 Å². The van der Waals surface area contributed by atoms with Gasteiger partial charge in [0, 0.05) is 12.6 Å². The Hall–Kier alpha value is -2.95. The van der Waals surface area contributed by atoms with Crippen LogP contribution in [0.4, 0.5) is 0 Å². The predicted octanol–water partition coefficient (Wildman–Crippen LogP) is 5.07. The van der Waals surface area contributed by atoms with Gasteiger partial charge in [0.15, 0.2) is 5.82 Å². The van der Waals surface area contributed by atoms with E-state index in [0.717, 1.165) is 28.1 Å². The molecule has 0 radical (unpaired) electrons. The van der Waals surface area contributed by atoms with Crippen molar-refractivity contribution in [1.29, 1.82) is 0 Å². The molecule has 5 heteroatoms. The van der Waals surface area contributed by atoms with Gasteiger partial charge in [-0.1, -0.05) is 52.0 Å². The number of imidazole rings is 1. The topological polar surface area (TPSA) is 48.5 Å². The first-order valence-corrected chi connectivity index (χ1v) is 9.42. The van der Waals surface area contributed by atoms with E-state index in [2.05, 4.69) is 79.2 Å². The maximum atomic E-state index is 4.63. The van der Waals surface area contributed by atoms with Crippen LogP contribution in [0.5, 0.6) is 0 Å². The Kier molecular flexibility index (Phi) is 4.30. The lowest BCUT2D eigenvalue weighted by atomic mass is 9.92. The average Bonchev–Trinajstić information content (AvgIpc) is 3.28. The molecule has 0 unspecified atom stereocenters. The highest BCUT2D eigenvalue weighted by atomic mass is 15.3. The van der Waals surface area contributed by atoms with Crippen molar-refractivity contribution < 1.29 is 0 Å². The van der Waals surface area contributed by atoms with Gasteiger partial charge in [-0.3, -0.25) is 0 Å². The van der Waals surface area contributed by atoms with E-state index in [4.69, 9.17) is 0 Å². The molecule has 2 heterocycles. The first-order chi connectivity index (χ1) is 13.0. The summed E-state index contributed by atoms with van der Waals surface area (Å²) in [6.07, 6.45) is 3.48. The Morgan fingerprint density at radius 1 is 0.852 bits per heavy atom. The average molecular weight is 359 g/mol. The molecular formula is C22H25N5. The lowest BCUT2D eigenvalue weighted by molar-refractivity contribution is 0.773. The van der Waals surface area contributed by atoms with Crippen molar-refractivity contribution in [3.8, 4) is 17.1 Å². The first-order valence-electron chi connectivity index (χ1n) is 9.42. The summed E-state index contributed by atoms with van der Waals surface area (Å²) in [6.45, 7) is 8.88. The number of para-hydroxylation sites is 2. The molecule has 138 valence electrons. The van der Waals surface area contributed by atoms with Crippen molar-refractivity contribution in [2.24, 2.45) is 7.05 Å². The zero-order valence-electron chi connectivity index (χ0n) is 16.5. The minimum Gasteiger partial charge on any atom is -0.334 e. The highest BCUT2D eigenvalue weighted by molar-refractivity contribution is 5.90. The molecular weight excluding hydrogens is 334 g/mol. The standard InChI is InChI=1S/C22H25N5/c1-14(2)16-8-6-9-17(15(3)4)21(16)27-22(23-12-25-27)18-10-7-11-19-20(18)24-13-26(19)5/h6-15H,1-5H3. The van der Waals surface area contributed by atoms with Gasteiger partial charge in [-0.15, -0.1) is 0 Å². The Bertz CT molecular complexity index is 1070. The van der Waals surface area contributed by atoms with E-state index < -0.39 is 0 Å². The van der Waals surface area contributed by atoms with E-state index in [9.17, 15) is 0 Å². The maximum absolute atomic E-state index is 4.63. The molecule has 0 saturated carbocycles. The minimum absolute atomic E-state index is 0.390. The first kappa shape index (κ1) is 17.5. The van der Waals surface area contributed by atoms with Gasteiger partial charge in [-0.05, 0) is 35.1 Å². The third-order valence-electron chi connectivity index (χ3n) is 5.10. The summed E-state index contributed by atoms with van der Waals surface area (Å²) in [6, 6.07) is 12.7. The normalized spacial score (nSPS) is 11.8. The fraction of sp³-hybridized carbons (Fsp3) is 0.318. The van der Waals surface area contributed by atoms with Crippen LogP contribution in [0.2, 0.25) is 0 Å². The lowest BCUT2D eigenvalue weighted by Crippen LogP contribution is -2.09. The van der Waals surface area contributed by atoms with E-state index in [1.165, 1.54) is 11.1 Å². The lowest BCUT2D eigenvalue weighted by Gasteiger charge is -2.20. The maximum Gasteiger partial charge on any atom is 0.165 e. The number of hydrogen-bond donors (Lipinski definition) is 0. The van der Waals surface area contributed by atoms with Crippen LogP contribution in [-0.4, -0.2) is 24.3 Å². The van der Waals surface area contributed by atoms with Gasteiger partial charge in [-0.2, -0.15) is 5.10 Å². The van der Waals surface area contributed by atoms with E-state index >= 15 is 0 Å². The van der Waals surface area contributed by atoms with Crippen molar-refractivity contribution in [2.75, 3.05) is 0 Å². The molecule has 0 N–H and O–H groups in total. The van der Waals surface area contributed by atoms with Crippen LogP contribution < -0.4 is 0 Å². The molecule has 0 bridgehead atoms. The zero-order valence-corrected chi connectivity index (χ0v) is 16.5. The third kappa shape index (κ3) is 2.83. The second kappa shape index (κ2) is 6.65. The van der Waals surface area contributed by atoms with Crippen molar-refractivity contribution in [1.82, 2.24) is 24.3 Å². The summed E-state index contributed by atoms with van der Waals surface area (Å²) < 4.78 is 4.02. The van der Waals surface area contributed by atoms with Gasteiger partial charge in [0.1, 0.15) is 6.33 Å². The van der Waals surface area contributed by atoms with Crippen molar-refractivity contribution >= 4 is 11.0 Å². The van der Waals surface area contributed by atoms with Gasteiger partial charge < -0.3 is 4.57 Å². The van der Waals surface area contributed by atoms with Crippen LogP contribution in [0.3, 0.4) is 0 Å². The second-order valence-corrected chi connectivity index (χ2v) is 7.62. The monoisotopic (exact) mass is 359 g/mol. The fourth-order valence-electron chi connectivity index (χ4n) is 3.68. The molecule has 4 rings (SSSR count). The fourth-order valence-corrected chi connectivity index (χ4v) is 3.68. The summed E-state index contributed by atoms with van der Waals surface area (Å²) in [4.78, 5) is 9.23. The Morgan fingerprint density at radius 2 is 1.52 bits per heavy atom. The molecule has 0 saturated heterocycles. The molecule has 5 nitrogen and oxygen atoms in total. The number of hydrogen-bond acceptors (Lipinski definition) is 3. The SMILES string of the molecule is CC(C)c1cccc(C(C)C)c1-n1ncnc1-c1cccc2c1ncn2C. The summed E-state index contributed by atoms with van der Waals surface area (Å²) in [5.74, 6) is 1.61. The highest BCUT2D eigenvalue weighted by Crippen LogP contribution is 2.34. The number of nitrogens with zero attached hydrogens (tertiary/aromatic N) is 5. The molecule has 0 aliphatic heterocycles. The summed E-state index contributed by atoms with van der Waals surface area (Å²) in [5, 5.41) is 4.63. The largest absolute Gasteiger partial charge is 0.334 e. The second-order valence-electron chi connectivity index (χ2n) is 7.62. The van der Waals surface area contributed by atoms with Gasteiger partial charge >= 0.3 is 0 Å². The molecule has 0 fully saturated rings. The van der Waals surface area contributed by atoms with Crippen LogP contribution in [0.15, 0.2) is 49.1 Å². The molecule has 0 aliphatic rings. The Morgan fingerprint density at radius 3 is 2.19 bits per heavy atom. The quantitative estimate of drug-likeness (QED) is 0.511. The summed E-state index contributed by atoms with van der Waals surface area (Å²) in [5.41, 5.74) is 6.73. The number of benzene rings is 2. The van der Waals surface area contributed by atoms with Crippen LogP contribution in [0.25, 0.3) is 28.1 Å². The summed E-state index contributed by atoms with van der Waals surface area (Å²) in [7, 11) is 2.01. The smallest absolute Gasteiger partial charge is 0.165 e. The molecule has 0 aliphatic carbocycles. The zero-order chi connectivity index (χ0) is 19.1. The number of fused-ring (bicyclic) bond motifs is 1. The predicted molar refractivity (Wildman–Crippen MR) is 109 cm³/mol. The molecule has 27 heavy (non-hydrogen) atoms. The van der Waals surface area contributed by atoms with E-state index in [1.807, 2.05) is 22.6 Å². The number of aromatic nitrogens is 5. The molecule has 0 atom stereocenters. The number of aryl methyl sites for hydroxylation is 1. The molecule has 2 aromatic heterocycles. The van der Waals surface area contributed by atoms with E-state index in [-0.39, 0.29) is 0 Å². The van der Waals surface area contributed by atoms with Gasteiger partial charge in [-0.25, -0.2) is 14.6 Å². The van der Waals surface area contributed by atoms with Gasteiger partial charge in [0.05, 0.1) is 23.0 Å². The van der Waals surface area contributed by atoms with Crippen LogP contribution in [-0.2, 0) is 7.05 Å². The van der Waals surface area contributed by atoms with Crippen LogP contribution >= 0.6 is 0 Å². The molecule has 2 aromatic carbocycles. The van der Waals surface area contributed by atoms with Crippen LogP contribution in [0.1, 0.15) is 50.7 Å². The Balaban J connectivity index is 2.01. The van der Waals surface area contributed by atoms with Crippen molar-refractivity contribution in [3.63, 3.8) is 0 Å². The molecule has 0 spiro atoms. The van der Waals surface area contributed by atoms with Crippen molar-refractivity contribution in [3.05, 3.63) is 60.2 Å². The van der Waals surface area contributed by atoms with Gasteiger partial charge in [0.25, 0.3) is 0 Å².